The Hall–Kier alpha value is -0.830. The van der Waals surface area contributed by atoms with Gasteiger partial charge in [0, 0.05) is 19.6 Å². The number of amides is 1. The quantitative estimate of drug-likeness (QED) is 0.783. The Kier molecular flexibility index (Phi) is 5.13. The highest BCUT2D eigenvalue weighted by Crippen LogP contribution is 2.35. The van der Waals surface area contributed by atoms with E-state index in [2.05, 4.69) is 32.6 Å². The van der Waals surface area contributed by atoms with Gasteiger partial charge >= 0.3 is 6.09 Å². The molecule has 2 rings (SSSR count). The zero-order chi connectivity index (χ0) is 15.6. The smallest absolute Gasteiger partial charge is 0.410 e. The van der Waals surface area contributed by atoms with Gasteiger partial charge in [-0.25, -0.2) is 9.78 Å². The topological polar surface area (TPSA) is 67.5 Å². The molecule has 0 radical (unpaired) electrons. The van der Waals surface area contributed by atoms with Crippen molar-refractivity contribution in [1.82, 2.24) is 14.9 Å². The lowest BCUT2D eigenvalue weighted by Crippen LogP contribution is -2.37. The van der Waals surface area contributed by atoms with Gasteiger partial charge in [-0.05, 0) is 49.8 Å². The number of nitrogens with one attached hydrogen (secondary N) is 1. The molecule has 2 heterocycles. The van der Waals surface area contributed by atoms with E-state index in [0.717, 1.165) is 15.9 Å². The van der Waals surface area contributed by atoms with Crippen LogP contribution in [-0.2, 0) is 9.47 Å². The number of hydrogen-bond acceptors (Lipinski definition) is 4. The summed E-state index contributed by atoms with van der Waals surface area (Å²) in [6, 6.07) is -0.0801. The van der Waals surface area contributed by atoms with Crippen LogP contribution in [-0.4, -0.2) is 46.8 Å². The van der Waals surface area contributed by atoms with E-state index in [0.29, 0.717) is 19.1 Å². The molecular formula is C14H22IN3O3. The number of aromatic nitrogens is 2. The third-order valence-corrected chi connectivity index (χ3v) is 3.85. The van der Waals surface area contributed by atoms with Gasteiger partial charge in [-0.1, -0.05) is 0 Å². The normalized spacial score (nSPS) is 22.6. The number of ether oxygens (including phenoxy) is 2. The van der Waals surface area contributed by atoms with E-state index in [1.165, 1.54) is 0 Å². The van der Waals surface area contributed by atoms with Crippen molar-refractivity contribution < 1.29 is 14.3 Å². The van der Waals surface area contributed by atoms with Crippen molar-refractivity contribution in [1.29, 1.82) is 0 Å². The summed E-state index contributed by atoms with van der Waals surface area (Å²) in [5, 5.41) is 0. The fourth-order valence-electron chi connectivity index (χ4n) is 2.54. The lowest BCUT2D eigenvalue weighted by molar-refractivity contribution is 0.0208. The molecule has 0 bridgehead atoms. The molecule has 1 N–H and O–H groups in total. The first-order valence-corrected chi connectivity index (χ1v) is 8.07. The molecule has 0 spiro atoms. The number of likely N-dealkylation sites (tertiary alicyclic amines) is 1. The number of nitrogens with zero attached hydrogens (tertiary/aromatic N) is 2. The van der Waals surface area contributed by atoms with Crippen molar-refractivity contribution in [2.75, 3.05) is 20.3 Å². The molecule has 6 nitrogen and oxygen atoms in total. The first-order chi connectivity index (χ1) is 9.80. The van der Waals surface area contributed by atoms with Crippen molar-refractivity contribution in [3.63, 3.8) is 0 Å². The molecule has 1 aliphatic rings. The van der Waals surface area contributed by atoms with Gasteiger partial charge in [-0.3, -0.25) is 4.90 Å². The average Bonchev–Trinajstić information content (AvgIpc) is 2.93. The highest BCUT2D eigenvalue weighted by Gasteiger charge is 2.39. The molecule has 0 aromatic carbocycles. The molecule has 21 heavy (non-hydrogen) atoms. The second-order valence-corrected chi connectivity index (χ2v) is 7.48. The largest absolute Gasteiger partial charge is 0.444 e. The summed E-state index contributed by atoms with van der Waals surface area (Å²) in [6.45, 7) is 6.88. The van der Waals surface area contributed by atoms with Crippen LogP contribution >= 0.6 is 22.6 Å². The maximum atomic E-state index is 12.4. The molecule has 1 amide bonds. The van der Waals surface area contributed by atoms with Crippen molar-refractivity contribution in [3.8, 4) is 0 Å². The van der Waals surface area contributed by atoms with Crippen molar-refractivity contribution >= 4 is 28.7 Å². The molecule has 1 fully saturated rings. The van der Waals surface area contributed by atoms with Crippen LogP contribution in [0.5, 0.6) is 0 Å². The van der Waals surface area contributed by atoms with Gasteiger partial charge < -0.3 is 14.5 Å². The van der Waals surface area contributed by atoms with Gasteiger partial charge in [0.15, 0.2) is 0 Å². The molecule has 0 aliphatic carbocycles. The Morgan fingerprint density at radius 1 is 1.57 bits per heavy atom. The third-order valence-electron chi connectivity index (χ3n) is 3.30. The monoisotopic (exact) mass is 407 g/mol. The molecule has 1 aromatic rings. The summed E-state index contributed by atoms with van der Waals surface area (Å²) >= 11 is 2.18. The maximum absolute atomic E-state index is 12.4. The molecule has 7 heteroatoms. The highest BCUT2D eigenvalue weighted by atomic mass is 127. The zero-order valence-electron chi connectivity index (χ0n) is 12.9. The van der Waals surface area contributed by atoms with Crippen LogP contribution in [0.3, 0.4) is 0 Å². The predicted molar refractivity (Wildman–Crippen MR) is 87.0 cm³/mol. The van der Waals surface area contributed by atoms with Crippen LogP contribution < -0.4 is 0 Å². The lowest BCUT2D eigenvalue weighted by atomic mass is 10.1. The lowest BCUT2D eigenvalue weighted by Gasteiger charge is -2.27. The molecule has 1 aliphatic heterocycles. The maximum Gasteiger partial charge on any atom is 0.410 e. The fourth-order valence-corrected chi connectivity index (χ4v) is 2.96. The van der Waals surface area contributed by atoms with Crippen molar-refractivity contribution in [2.24, 2.45) is 5.92 Å². The first kappa shape index (κ1) is 16.5. The number of carbonyl (C=O) groups excluding carboxylic acids is 1. The second kappa shape index (κ2) is 6.51. The molecular weight excluding hydrogens is 385 g/mol. The molecule has 1 aromatic heterocycles. The fraction of sp³-hybridized carbons (Fsp3) is 0.714. The SMILES string of the molecule is COC[C@H]1C[C@@H](c2ncc(I)[nH]2)N(C(=O)OC(C)(C)C)C1. The van der Waals surface area contributed by atoms with Crippen LogP contribution in [0.25, 0.3) is 0 Å². The van der Waals surface area contributed by atoms with Crippen molar-refractivity contribution in [3.05, 3.63) is 15.7 Å². The first-order valence-electron chi connectivity index (χ1n) is 6.99. The standard InChI is InChI=1S/C14H22IN3O3/c1-14(2,3)21-13(19)18-7-9(8-20-4)5-10(18)12-16-6-11(15)17-12/h6,9-10H,5,7-8H2,1-4H3,(H,16,17)/t9-,10-/m0/s1. The summed E-state index contributed by atoms with van der Waals surface area (Å²) < 4.78 is 11.7. The minimum absolute atomic E-state index is 0.0801. The Labute approximate surface area is 138 Å². The van der Waals surface area contributed by atoms with Crippen LogP contribution in [0.2, 0.25) is 0 Å². The average molecular weight is 407 g/mol. The summed E-state index contributed by atoms with van der Waals surface area (Å²) in [5.41, 5.74) is -0.501. The van der Waals surface area contributed by atoms with E-state index in [9.17, 15) is 4.79 Å². The van der Waals surface area contributed by atoms with Gasteiger partial charge in [0.1, 0.15) is 11.4 Å². The third kappa shape index (κ3) is 4.32. The van der Waals surface area contributed by atoms with Gasteiger partial charge in [0.05, 0.1) is 22.5 Å². The van der Waals surface area contributed by atoms with Gasteiger partial charge in [-0.15, -0.1) is 0 Å². The number of carbonyl (C=O) groups is 1. The number of hydrogen-bond donors (Lipinski definition) is 1. The number of H-pyrrole nitrogens is 1. The minimum Gasteiger partial charge on any atom is -0.444 e. The van der Waals surface area contributed by atoms with E-state index in [1.54, 1.807) is 18.2 Å². The van der Waals surface area contributed by atoms with Gasteiger partial charge in [0.25, 0.3) is 0 Å². The highest BCUT2D eigenvalue weighted by molar-refractivity contribution is 14.1. The summed E-state index contributed by atoms with van der Waals surface area (Å²) in [4.78, 5) is 21.8. The van der Waals surface area contributed by atoms with Gasteiger partial charge in [0.2, 0.25) is 0 Å². The number of methoxy groups -OCH3 is 1. The number of aromatic amines is 1. The second-order valence-electron chi connectivity index (χ2n) is 6.32. The van der Waals surface area contributed by atoms with E-state index in [-0.39, 0.29) is 12.1 Å². The van der Waals surface area contributed by atoms with Crippen LogP contribution in [0.1, 0.15) is 39.1 Å². The van der Waals surface area contributed by atoms with Crippen LogP contribution in [0, 0.1) is 9.62 Å². The Bertz CT molecular complexity index is 498. The summed E-state index contributed by atoms with van der Waals surface area (Å²) in [6.07, 6.45) is 2.31. The number of halogens is 1. The summed E-state index contributed by atoms with van der Waals surface area (Å²) in [7, 11) is 1.68. The van der Waals surface area contributed by atoms with Crippen LogP contribution in [0.15, 0.2) is 6.20 Å². The van der Waals surface area contributed by atoms with E-state index in [1.807, 2.05) is 20.8 Å². The minimum atomic E-state index is -0.501. The molecule has 0 unspecified atom stereocenters. The number of imidazole rings is 1. The van der Waals surface area contributed by atoms with E-state index >= 15 is 0 Å². The molecule has 2 atom stereocenters. The van der Waals surface area contributed by atoms with Gasteiger partial charge in [-0.2, -0.15) is 0 Å². The van der Waals surface area contributed by atoms with E-state index < -0.39 is 5.60 Å². The zero-order valence-corrected chi connectivity index (χ0v) is 15.0. The molecule has 1 saturated heterocycles. The molecule has 0 saturated carbocycles. The molecule has 118 valence electrons. The van der Waals surface area contributed by atoms with E-state index in [4.69, 9.17) is 9.47 Å². The van der Waals surface area contributed by atoms with Crippen LogP contribution in [0.4, 0.5) is 4.79 Å². The Morgan fingerprint density at radius 3 is 2.81 bits per heavy atom. The van der Waals surface area contributed by atoms with Crippen molar-refractivity contribution in [2.45, 2.75) is 38.8 Å². The predicted octanol–water partition coefficient (Wildman–Crippen LogP) is 2.96. The Morgan fingerprint density at radius 2 is 2.29 bits per heavy atom. The summed E-state index contributed by atoms with van der Waals surface area (Å²) in [5.74, 6) is 1.11. The Balaban J connectivity index is 2.16. The number of rotatable bonds is 3.